The lowest BCUT2D eigenvalue weighted by Gasteiger charge is -2.43. The summed E-state index contributed by atoms with van der Waals surface area (Å²) in [6.45, 7) is 3.05. The van der Waals surface area contributed by atoms with Crippen LogP contribution in [-0.4, -0.2) is 103 Å². The lowest BCUT2D eigenvalue weighted by Crippen LogP contribution is -2.64. The standard InChI is InChI=1S/C47H84O16P2/c1-3-5-7-9-11-13-15-17-19-20-22-23-25-27-29-31-33-35-40(48)59-37-39(61-41(49)36-34-32-30-28-26-24-21-18-16-14-12-10-8-6-4-2)38-60-65(57,58)63-47-44(52)42(50)43(51)46(45(47)53)62-64(54,55)56/h17-19,21-23,27,29,39,42-47,50-53H,3-16,20,24-26,28,30-38H2,1-2H3,(H,57,58)(H2,54,55,56). The van der Waals surface area contributed by atoms with E-state index in [9.17, 15) is 53.8 Å². The molecule has 0 radical (unpaired) electrons. The summed E-state index contributed by atoms with van der Waals surface area (Å²) >= 11 is 0. The van der Waals surface area contributed by atoms with Crippen LogP contribution in [0.3, 0.4) is 0 Å². The molecule has 8 atom stereocenters. The number of esters is 2. The molecule has 1 aliphatic carbocycles. The van der Waals surface area contributed by atoms with E-state index in [0.29, 0.717) is 19.3 Å². The van der Waals surface area contributed by atoms with Gasteiger partial charge in [-0.05, 0) is 70.6 Å². The molecule has 0 bridgehead atoms. The smallest absolute Gasteiger partial charge is 0.462 e. The predicted octanol–water partition coefficient (Wildman–Crippen LogP) is 9.29. The summed E-state index contributed by atoms with van der Waals surface area (Å²) in [5, 5.41) is 41.2. The molecule has 18 heteroatoms. The van der Waals surface area contributed by atoms with Crippen molar-refractivity contribution >= 4 is 27.6 Å². The number of hydrogen-bond donors (Lipinski definition) is 7. The third-order valence-corrected chi connectivity index (χ3v) is 12.4. The van der Waals surface area contributed by atoms with Gasteiger partial charge in [0.05, 0.1) is 6.61 Å². The summed E-state index contributed by atoms with van der Waals surface area (Å²) in [4.78, 5) is 54.3. The SMILES string of the molecule is CCCCCCCCC=CCC=CCC=CCCCC(=O)OCC(COP(=O)(O)OC1C(O)C(O)C(O)C(OP(=O)(O)O)C1O)OC(=O)CCCCCCCC=CCCCCCCCC. The Morgan fingerprint density at radius 3 is 1.42 bits per heavy atom. The van der Waals surface area contributed by atoms with E-state index in [-0.39, 0.29) is 12.8 Å². The number of hydrogen-bond acceptors (Lipinski definition) is 13. The van der Waals surface area contributed by atoms with Gasteiger partial charge in [0.15, 0.2) is 6.10 Å². The average molecular weight is 967 g/mol. The molecule has 7 N–H and O–H groups in total. The van der Waals surface area contributed by atoms with Gasteiger partial charge in [-0.2, -0.15) is 0 Å². The van der Waals surface area contributed by atoms with Gasteiger partial charge in [0.1, 0.15) is 43.2 Å². The molecule has 0 amide bonds. The fraction of sp³-hybridized carbons (Fsp3) is 0.787. The largest absolute Gasteiger partial charge is 0.472 e. The molecular formula is C47H84O16P2. The Labute approximate surface area is 388 Å². The minimum atomic E-state index is -5.37. The van der Waals surface area contributed by atoms with Gasteiger partial charge in [-0.1, -0.05) is 146 Å². The van der Waals surface area contributed by atoms with Crippen LogP contribution in [0.5, 0.6) is 0 Å². The predicted molar refractivity (Wildman–Crippen MR) is 250 cm³/mol. The summed E-state index contributed by atoms with van der Waals surface area (Å²) in [5.74, 6) is -1.28. The average Bonchev–Trinajstić information content (AvgIpc) is 3.26. The van der Waals surface area contributed by atoms with Crippen molar-refractivity contribution in [2.75, 3.05) is 13.2 Å². The van der Waals surface area contributed by atoms with E-state index < -0.39 is 83.5 Å². The van der Waals surface area contributed by atoms with Gasteiger partial charge in [-0.15, -0.1) is 0 Å². The fourth-order valence-electron chi connectivity index (χ4n) is 7.09. The first kappa shape index (κ1) is 61.0. The van der Waals surface area contributed by atoms with Gasteiger partial charge in [0, 0.05) is 12.8 Å². The zero-order chi connectivity index (χ0) is 48.2. The number of aliphatic hydroxyl groups excluding tert-OH is 4. The Kier molecular flexibility index (Phi) is 35.5. The van der Waals surface area contributed by atoms with Crippen LogP contribution in [-0.2, 0) is 41.8 Å². The molecule has 1 rings (SSSR count). The molecule has 1 saturated carbocycles. The molecule has 0 spiro atoms. The van der Waals surface area contributed by atoms with Crippen LogP contribution in [0, 0.1) is 0 Å². The van der Waals surface area contributed by atoms with Crippen molar-refractivity contribution < 1.29 is 76.9 Å². The van der Waals surface area contributed by atoms with Crippen LogP contribution in [0.1, 0.15) is 181 Å². The first-order valence-corrected chi connectivity index (χ1v) is 27.2. The molecule has 0 aromatic carbocycles. The van der Waals surface area contributed by atoms with E-state index in [0.717, 1.165) is 57.8 Å². The summed E-state index contributed by atoms with van der Waals surface area (Å²) in [7, 11) is -10.7. The van der Waals surface area contributed by atoms with Crippen molar-refractivity contribution in [3.8, 4) is 0 Å². The molecule has 8 unspecified atom stereocenters. The van der Waals surface area contributed by atoms with Crippen LogP contribution in [0.2, 0.25) is 0 Å². The Bertz CT molecular complexity index is 1450. The molecule has 1 aliphatic rings. The Hall–Kier alpha value is -2.04. The lowest BCUT2D eigenvalue weighted by atomic mass is 9.85. The highest BCUT2D eigenvalue weighted by molar-refractivity contribution is 7.47. The quantitative estimate of drug-likeness (QED) is 0.0131. The third-order valence-electron chi connectivity index (χ3n) is 10.9. The number of unbranched alkanes of at least 4 members (excludes halogenated alkanes) is 18. The zero-order valence-electron chi connectivity index (χ0n) is 39.2. The normalized spacial score (nSPS) is 22.0. The maximum atomic E-state index is 13.0. The number of allylic oxidation sites excluding steroid dienone is 8. The van der Waals surface area contributed by atoms with Gasteiger partial charge in [0.25, 0.3) is 0 Å². The summed E-state index contributed by atoms with van der Waals surface area (Å²) in [6, 6.07) is 0. The van der Waals surface area contributed by atoms with Crippen molar-refractivity contribution in [1.29, 1.82) is 0 Å². The first-order chi connectivity index (χ1) is 31.1. The van der Waals surface area contributed by atoms with E-state index in [1.165, 1.54) is 77.0 Å². The maximum Gasteiger partial charge on any atom is 0.472 e. The number of carbonyl (C=O) groups excluding carboxylic acids is 2. The fourth-order valence-corrected chi connectivity index (χ4v) is 8.63. The second-order valence-electron chi connectivity index (χ2n) is 16.8. The Balaban J connectivity index is 2.63. The molecule has 0 heterocycles. The van der Waals surface area contributed by atoms with E-state index in [1.54, 1.807) is 0 Å². The molecule has 1 fully saturated rings. The minimum absolute atomic E-state index is 0.0228. The lowest BCUT2D eigenvalue weighted by molar-refractivity contribution is -0.216. The topological polar surface area (TPSA) is 256 Å². The molecule has 65 heavy (non-hydrogen) atoms. The molecule has 16 nitrogen and oxygen atoms in total. The highest BCUT2D eigenvalue weighted by Gasteiger charge is 2.54. The van der Waals surface area contributed by atoms with Crippen molar-refractivity contribution in [3.63, 3.8) is 0 Å². The van der Waals surface area contributed by atoms with Crippen molar-refractivity contribution in [1.82, 2.24) is 0 Å². The highest BCUT2D eigenvalue weighted by atomic mass is 31.2. The second kappa shape index (κ2) is 37.9. The van der Waals surface area contributed by atoms with E-state index >= 15 is 0 Å². The Morgan fingerprint density at radius 2 is 0.908 bits per heavy atom. The maximum absolute atomic E-state index is 13.0. The van der Waals surface area contributed by atoms with Crippen molar-refractivity contribution in [2.24, 2.45) is 0 Å². The summed E-state index contributed by atoms with van der Waals surface area (Å²) in [6.07, 6.45) is 27.9. The van der Waals surface area contributed by atoms with Crippen LogP contribution in [0.15, 0.2) is 48.6 Å². The number of rotatable bonds is 40. The summed E-state index contributed by atoms with van der Waals surface area (Å²) in [5.41, 5.74) is 0. The number of aliphatic hydroxyl groups is 4. The van der Waals surface area contributed by atoms with Crippen molar-refractivity contribution in [2.45, 2.75) is 224 Å². The highest BCUT2D eigenvalue weighted by Crippen LogP contribution is 2.49. The molecule has 0 aliphatic heterocycles. The minimum Gasteiger partial charge on any atom is -0.462 e. The molecule has 378 valence electrons. The third kappa shape index (κ3) is 32.4. The van der Waals surface area contributed by atoms with E-state index in [1.807, 2.05) is 12.2 Å². The Morgan fingerprint density at radius 1 is 0.492 bits per heavy atom. The first-order valence-electron chi connectivity index (χ1n) is 24.2. The summed E-state index contributed by atoms with van der Waals surface area (Å²) < 4.78 is 49.3. The van der Waals surface area contributed by atoms with E-state index in [2.05, 4.69) is 54.8 Å². The van der Waals surface area contributed by atoms with Gasteiger partial charge >= 0.3 is 27.6 Å². The number of ether oxygens (including phenoxy) is 2. The molecular weight excluding hydrogens is 882 g/mol. The number of carbonyl (C=O) groups is 2. The van der Waals surface area contributed by atoms with Crippen LogP contribution < -0.4 is 0 Å². The van der Waals surface area contributed by atoms with Gasteiger partial charge < -0.3 is 44.6 Å². The number of phosphoric ester groups is 2. The monoisotopic (exact) mass is 967 g/mol. The van der Waals surface area contributed by atoms with Crippen LogP contribution in [0.4, 0.5) is 0 Å². The van der Waals surface area contributed by atoms with Crippen LogP contribution in [0.25, 0.3) is 0 Å². The van der Waals surface area contributed by atoms with E-state index in [4.69, 9.17) is 18.5 Å². The van der Waals surface area contributed by atoms with Crippen LogP contribution >= 0.6 is 15.6 Å². The number of phosphoric acid groups is 2. The molecule has 0 aromatic rings. The van der Waals surface area contributed by atoms with Crippen molar-refractivity contribution in [3.05, 3.63) is 48.6 Å². The molecule has 0 saturated heterocycles. The molecule has 0 aromatic heterocycles. The van der Waals surface area contributed by atoms with Gasteiger partial charge in [0.2, 0.25) is 0 Å². The van der Waals surface area contributed by atoms with Gasteiger partial charge in [-0.3, -0.25) is 23.2 Å². The second-order valence-corrected chi connectivity index (χ2v) is 19.4. The zero-order valence-corrected chi connectivity index (χ0v) is 40.9. The van der Waals surface area contributed by atoms with Gasteiger partial charge in [-0.25, -0.2) is 9.13 Å².